The number of halogens is 4. The van der Waals surface area contributed by atoms with Gasteiger partial charge in [0.2, 0.25) is 0 Å². The standard InChI is InChI=1S/C12H11ClF2INOS/c1-7-4-10(18-6-11(14)15)9(5-13)8-2-3-17(19-16)12(7)8/h2-4,11H,5-6H2,1H3. The van der Waals surface area contributed by atoms with Crippen molar-refractivity contribution >= 4 is 52.8 Å². The lowest BCUT2D eigenvalue weighted by molar-refractivity contribution is 0.0816. The van der Waals surface area contributed by atoms with Crippen LogP contribution in [0.4, 0.5) is 8.78 Å². The second kappa shape index (κ2) is 6.49. The minimum Gasteiger partial charge on any atom is -0.487 e. The first-order valence-corrected chi connectivity index (χ1v) is 9.33. The molecule has 0 amide bonds. The van der Waals surface area contributed by atoms with Crippen molar-refractivity contribution in [1.29, 1.82) is 0 Å². The average molecular weight is 418 g/mol. The van der Waals surface area contributed by atoms with Crippen molar-refractivity contribution in [2.24, 2.45) is 0 Å². The van der Waals surface area contributed by atoms with Gasteiger partial charge >= 0.3 is 0 Å². The summed E-state index contributed by atoms with van der Waals surface area (Å²) in [5.41, 5.74) is 2.77. The van der Waals surface area contributed by atoms with Crippen LogP contribution in [0.1, 0.15) is 11.1 Å². The summed E-state index contributed by atoms with van der Waals surface area (Å²) >= 11 is 8.13. The summed E-state index contributed by atoms with van der Waals surface area (Å²) in [4.78, 5) is 0. The van der Waals surface area contributed by atoms with Crippen LogP contribution in [0, 0.1) is 6.92 Å². The van der Waals surface area contributed by atoms with Crippen LogP contribution in [0.25, 0.3) is 10.9 Å². The third kappa shape index (κ3) is 3.11. The maximum atomic E-state index is 12.3. The molecule has 2 aromatic rings. The first-order chi connectivity index (χ1) is 9.08. The summed E-state index contributed by atoms with van der Waals surface area (Å²) in [6, 6.07) is 3.70. The van der Waals surface area contributed by atoms with Gasteiger partial charge in [-0.3, -0.25) is 3.97 Å². The molecular formula is C12H11ClF2INOS. The smallest absolute Gasteiger partial charge is 0.272 e. The van der Waals surface area contributed by atoms with Crippen molar-refractivity contribution in [1.82, 2.24) is 3.97 Å². The fraction of sp³-hybridized carbons (Fsp3) is 0.333. The van der Waals surface area contributed by atoms with Gasteiger partial charge in [-0.05, 0) is 24.6 Å². The van der Waals surface area contributed by atoms with E-state index in [0.717, 1.165) is 22.0 Å². The van der Waals surface area contributed by atoms with Crippen LogP contribution >= 0.6 is 41.9 Å². The minimum atomic E-state index is -2.49. The Morgan fingerprint density at radius 2 is 2.26 bits per heavy atom. The Bertz CT molecular complexity index is 591. The Hall–Kier alpha value is -0.210. The number of hydrogen-bond acceptors (Lipinski definition) is 2. The van der Waals surface area contributed by atoms with E-state index in [1.54, 1.807) is 15.2 Å². The van der Waals surface area contributed by atoms with Gasteiger partial charge in [0, 0.05) is 47.5 Å². The molecule has 104 valence electrons. The monoisotopic (exact) mass is 417 g/mol. The molecular weight excluding hydrogens is 407 g/mol. The van der Waals surface area contributed by atoms with Crippen LogP contribution in [0.15, 0.2) is 18.3 Å². The summed E-state index contributed by atoms with van der Waals surface area (Å²) in [5, 5.41) is 0.948. The zero-order chi connectivity index (χ0) is 14.0. The number of hydrogen-bond donors (Lipinski definition) is 0. The third-order valence-corrected chi connectivity index (χ3v) is 4.76. The molecule has 0 fully saturated rings. The van der Waals surface area contributed by atoms with Crippen LogP contribution in [0.2, 0.25) is 0 Å². The van der Waals surface area contributed by atoms with Gasteiger partial charge in [-0.1, -0.05) is 0 Å². The zero-order valence-corrected chi connectivity index (χ0v) is 13.7. The lowest BCUT2D eigenvalue weighted by Crippen LogP contribution is -2.08. The van der Waals surface area contributed by atoms with E-state index in [0.29, 0.717) is 5.75 Å². The normalized spacial score (nSPS) is 11.5. The molecule has 19 heavy (non-hydrogen) atoms. The highest BCUT2D eigenvalue weighted by molar-refractivity contribution is 14.2. The van der Waals surface area contributed by atoms with Crippen LogP contribution in [-0.2, 0) is 5.88 Å². The molecule has 0 saturated heterocycles. The molecule has 7 heteroatoms. The van der Waals surface area contributed by atoms with Gasteiger partial charge in [0.25, 0.3) is 6.43 Å². The molecule has 0 aliphatic carbocycles. The number of ether oxygens (including phenoxy) is 1. The van der Waals surface area contributed by atoms with Crippen molar-refractivity contribution in [3.63, 3.8) is 0 Å². The van der Waals surface area contributed by atoms with Gasteiger partial charge in [-0.15, -0.1) is 11.6 Å². The van der Waals surface area contributed by atoms with Crippen LogP contribution in [-0.4, -0.2) is 17.0 Å². The SMILES string of the molecule is Cc1cc(OCC(F)F)c(CCl)c2ccn(SI)c12. The second-order valence-corrected chi connectivity index (χ2v) is 5.96. The molecule has 1 aromatic heterocycles. The Labute approximate surface area is 131 Å². The maximum absolute atomic E-state index is 12.3. The highest BCUT2D eigenvalue weighted by atomic mass is 127. The second-order valence-electron chi connectivity index (χ2n) is 3.98. The molecule has 0 atom stereocenters. The maximum Gasteiger partial charge on any atom is 0.272 e. The Morgan fingerprint density at radius 1 is 1.53 bits per heavy atom. The highest BCUT2D eigenvalue weighted by Crippen LogP contribution is 2.36. The summed E-state index contributed by atoms with van der Waals surface area (Å²) in [6.45, 7) is 1.31. The largest absolute Gasteiger partial charge is 0.487 e. The van der Waals surface area contributed by atoms with E-state index in [9.17, 15) is 8.78 Å². The zero-order valence-electron chi connectivity index (χ0n) is 10.00. The number of alkyl halides is 3. The predicted octanol–water partition coefficient (Wildman–Crippen LogP) is 5.18. The van der Waals surface area contributed by atoms with E-state index in [4.69, 9.17) is 16.3 Å². The summed E-state index contributed by atoms with van der Waals surface area (Å²) in [7, 11) is 1.55. The number of benzene rings is 1. The number of nitrogens with zero attached hydrogens (tertiary/aromatic N) is 1. The van der Waals surface area contributed by atoms with Crippen molar-refractivity contribution < 1.29 is 13.5 Å². The van der Waals surface area contributed by atoms with Gasteiger partial charge in [0.1, 0.15) is 12.4 Å². The van der Waals surface area contributed by atoms with Gasteiger partial charge in [0.15, 0.2) is 0 Å². The molecule has 1 heterocycles. The summed E-state index contributed by atoms with van der Waals surface area (Å²) in [5.74, 6) is 0.669. The predicted molar refractivity (Wildman–Crippen MR) is 84.7 cm³/mol. The molecule has 0 aliphatic rings. The van der Waals surface area contributed by atoms with Crippen LogP contribution in [0.3, 0.4) is 0 Å². The van der Waals surface area contributed by atoms with Crippen molar-refractivity contribution in [2.45, 2.75) is 19.2 Å². The van der Waals surface area contributed by atoms with Crippen LogP contribution in [0.5, 0.6) is 5.75 Å². The fourth-order valence-corrected chi connectivity index (χ4v) is 3.68. The lowest BCUT2D eigenvalue weighted by Gasteiger charge is -2.13. The molecule has 0 radical (unpaired) electrons. The van der Waals surface area contributed by atoms with E-state index >= 15 is 0 Å². The van der Waals surface area contributed by atoms with Gasteiger partial charge < -0.3 is 4.74 Å². The average Bonchev–Trinajstić information content (AvgIpc) is 2.80. The number of aromatic nitrogens is 1. The van der Waals surface area contributed by atoms with E-state index in [1.165, 1.54) is 0 Å². The topological polar surface area (TPSA) is 14.2 Å². The first kappa shape index (κ1) is 15.2. The van der Waals surface area contributed by atoms with Gasteiger partial charge in [0.05, 0.1) is 11.4 Å². The first-order valence-electron chi connectivity index (χ1n) is 5.48. The highest BCUT2D eigenvalue weighted by Gasteiger charge is 2.15. The van der Waals surface area contributed by atoms with Gasteiger partial charge in [-0.25, -0.2) is 8.78 Å². The molecule has 0 N–H and O–H groups in total. The lowest BCUT2D eigenvalue weighted by atomic mass is 10.1. The van der Waals surface area contributed by atoms with E-state index in [2.05, 4.69) is 21.2 Å². The number of rotatable bonds is 5. The van der Waals surface area contributed by atoms with Crippen molar-refractivity contribution in [3.8, 4) is 5.75 Å². The molecule has 2 rings (SSSR count). The Kier molecular flexibility index (Phi) is 5.19. The molecule has 0 spiro atoms. The summed E-state index contributed by atoms with van der Waals surface area (Å²) < 4.78 is 31.7. The quantitative estimate of drug-likeness (QED) is 0.492. The molecule has 2 nitrogen and oxygen atoms in total. The van der Waals surface area contributed by atoms with Crippen molar-refractivity contribution in [3.05, 3.63) is 29.5 Å². The Morgan fingerprint density at radius 3 is 2.84 bits per heavy atom. The van der Waals surface area contributed by atoms with Gasteiger partial charge in [-0.2, -0.15) is 0 Å². The molecule has 0 bridgehead atoms. The third-order valence-electron chi connectivity index (χ3n) is 2.77. The molecule has 0 saturated carbocycles. The fourth-order valence-electron chi connectivity index (χ4n) is 2.01. The number of fused-ring (bicyclic) bond motifs is 1. The van der Waals surface area contributed by atoms with E-state index < -0.39 is 13.0 Å². The molecule has 0 unspecified atom stereocenters. The Balaban J connectivity index is 2.54. The minimum absolute atomic E-state index is 0.227. The van der Waals surface area contributed by atoms with E-state index in [-0.39, 0.29) is 5.88 Å². The molecule has 0 aliphatic heterocycles. The number of aryl methyl sites for hydroxylation is 1. The van der Waals surface area contributed by atoms with Crippen LogP contribution < -0.4 is 4.74 Å². The van der Waals surface area contributed by atoms with Crippen molar-refractivity contribution in [2.75, 3.05) is 6.61 Å². The van der Waals surface area contributed by atoms with E-state index in [1.807, 2.05) is 23.2 Å². The molecule has 1 aromatic carbocycles. The summed E-state index contributed by atoms with van der Waals surface area (Å²) in [6.07, 6.45) is -0.560.